The molecular weight excluding hydrogens is 446 g/mol. The lowest BCUT2D eigenvalue weighted by atomic mass is 10.0. The smallest absolute Gasteiger partial charge is 0.270 e. The van der Waals surface area contributed by atoms with Gasteiger partial charge >= 0.3 is 0 Å². The van der Waals surface area contributed by atoms with Crippen LogP contribution in [0.5, 0.6) is 5.75 Å². The van der Waals surface area contributed by atoms with Crippen molar-refractivity contribution < 1.29 is 23.1 Å². The van der Waals surface area contributed by atoms with Crippen molar-refractivity contribution in [3.63, 3.8) is 0 Å². The maximum absolute atomic E-state index is 13.6. The molecule has 176 valence electrons. The standard InChI is InChI=1S/C23H22F2N6O3/c1-12-19(21(32)27-15-7-5-6-14(10-15)23(3,24)25)22(33)31(30-12)16-8-9-18(34-4)17(11-16)20-26-13(2)28-29-20/h5-11,19H,1-4H3,(H,27,32)(H,26,28,29). The number of halogens is 2. The number of ether oxygens (including phenoxy) is 1. The molecule has 0 saturated carbocycles. The van der Waals surface area contributed by atoms with Crippen LogP contribution in [-0.2, 0) is 15.5 Å². The first kappa shape index (κ1) is 23.0. The first-order valence-corrected chi connectivity index (χ1v) is 10.3. The van der Waals surface area contributed by atoms with Gasteiger partial charge in [-0.3, -0.25) is 9.59 Å². The summed E-state index contributed by atoms with van der Waals surface area (Å²) in [6, 6.07) is 10.3. The molecule has 2 amide bonds. The van der Waals surface area contributed by atoms with Crippen LogP contribution >= 0.6 is 0 Å². The van der Waals surface area contributed by atoms with Gasteiger partial charge in [0.1, 0.15) is 11.6 Å². The summed E-state index contributed by atoms with van der Waals surface area (Å²) in [5, 5.41) is 16.0. The molecule has 11 heteroatoms. The summed E-state index contributed by atoms with van der Waals surface area (Å²) in [4.78, 5) is 29.1. The Morgan fingerprint density at radius 1 is 1.18 bits per heavy atom. The Balaban J connectivity index is 1.59. The summed E-state index contributed by atoms with van der Waals surface area (Å²) in [5.74, 6) is -3.94. The highest BCUT2D eigenvalue weighted by Crippen LogP contribution is 2.34. The molecule has 1 aliphatic heterocycles. The summed E-state index contributed by atoms with van der Waals surface area (Å²) in [6.45, 7) is 4.08. The highest BCUT2D eigenvalue weighted by atomic mass is 19.3. The molecule has 1 aliphatic rings. The normalized spacial score (nSPS) is 15.9. The molecule has 2 N–H and O–H groups in total. The van der Waals surface area contributed by atoms with Gasteiger partial charge in [0, 0.05) is 18.2 Å². The lowest BCUT2D eigenvalue weighted by molar-refractivity contribution is -0.127. The van der Waals surface area contributed by atoms with E-state index in [1.807, 2.05) is 0 Å². The van der Waals surface area contributed by atoms with E-state index < -0.39 is 23.7 Å². The number of aromatic nitrogens is 3. The molecule has 1 unspecified atom stereocenters. The molecule has 0 spiro atoms. The van der Waals surface area contributed by atoms with Crippen LogP contribution in [0.25, 0.3) is 11.4 Å². The number of H-pyrrole nitrogens is 1. The predicted octanol–water partition coefficient (Wildman–Crippen LogP) is 3.88. The highest BCUT2D eigenvalue weighted by molar-refractivity contribution is 6.28. The van der Waals surface area contributed by atoms with E-state index in [0.29, 0.717) is 28.6 Å². The molecule has 2 aromatic carbocycles. The lowest BCUT2D eigenvalue weighted by Gasteiger charge is -2.17. The number of alkyl halides is 2. The monoisotopic (exact) mass is 468 g/mol. The number of aryl methyl sites for hydroxylation is 1. The minimum Gasteiger partial charge on any atom is -0.496 e. The van der Waals surface area contributed by atoms with E-state index in [-0.39, 0.29) is 17.0 Å². The fraction of sp³-hybridized carbons (Fsp3) is 0.261. The largest absolute Gasteiger partial charge is 0.496 e. The van der Waals surface area contributed by atoms with Gasteiger partial charge in [0.25, 0.3) is 11.8 Å². The molecule has 9 nitrogen and oxygen atoms in total. The molecule has 34 heavy (non-hydrogen) atoms. The Morgan fingerprint density at radius 3 is 2.59 bits per heavy atom. The van der Waals surface area contributed by atoms with Crippen LogP contribution in [0.3, 0.4) is 0 Å². The number of aromatic amines is 1. The van der Waals surface area contributed by atoms with Gasteiger partial charge < -0.3 is 15.0 Å². The van der Waals surface area contributed by atoms with Gasteiger partial charge in [0.15, 0.2) is 11.7 Å². The molecule has 0 fully saturated rings. The van der Waals surface area contributed by atoms with Crippen molar-refractivity contribution >= 4 is 28.9 Å². The number of carbonyl (C=O) groups is 2. The summed E-state index contributed by atoms with van der Waals surface area (Å²) in [7, 11) is 1.51. The van der Waals surface area contributed by atoms with E-state index in [1.165, 1.54) is 31.4 Å². The Morgan fingerprint density at radius 2 is 1.94 bits per heavy atom. The molecule has 0 aliphatic carbocycles. The van der Waals surface area contributed by atoms with E-state index >= 15 is 0 Å². The second-order valence-electron chi connectivity index (χ2n) is 7.93. The first-order valence-electron chi connectivity index (χ1n) is 10.3. The number of hydrogen-bond acceptors (Lipinski definition) is 6. The van der Waals surface area contributed by atoms with Crippen molar-refractivity contribution in [3.8, 4) is 17.1 Å². The van der Waals surface area contributed by atoms with Gasteiger partial charge in [-0.15, -0.1) is 10.2 Å². The SMILES string of the molecule is COc1ccc(N2N=C(C)C(C(=O)Nc3cccc(C(C)(F)F)c3)C2=O)cc1-c1nnc(C)[nH]1. The molecule has 4 rings (SSSR count). The van der Waals surface area contributed by atoms with E-state index in [4.69, 9.17) is 4.74 Å². The fourth-order valence-electron chi connectivity index (χ4n) is 3.62. The summed E-state index contributed by atoms with van der Waals surface area (Å²) >= 11 is 0. The lowest BCUT2D eigenvalue weighted by Crippen LogP contribution is -2.36. The molecule has 1 aromatic heterocycles. The molecule has 3 aromatic rings. The number of hydrazone groups is 1. The molecule has 1 atom stereocenters. The zero-order valence-corrected chi connectivity index (χ0v) is 18.9. The quantitative estimate of drug-likeness (QED) is 0.533. The maximum Gasteiger partial charge on any atom is 0.270 e. The third kappa shape index (κ3) is 4.36. The number of nitrogens with one attached hydrogen (secondary N) is 2. The van der Waals surface area contributed by atoms with Gasteiger partial charge in [-0.05, 0) is 44.2 Å². The van der Waals surface area contributed by atoms with E-state index in [1.54, 1.807) is 32.0 Å². The Bertz CT molecular complexity index is 1300. The third-order valence-corrected chi connectivity index (χ3v) is 5.31. The van der Waals surface area contributed by atoms with Gasteiger partial charge in [0.05, 0.1) is 24.1 Å². The van der Waals surface area contributed by atoms with Gasteiger partial charge in [-0.2, -0.15) is 10.1 Å². The minimum absolute atomic E-state index is 0.162. The summed E-state index contributed by atoms with van der Waals surface area (Å²) < 4.78 is 32.7. The Labute approximate surface area is 193 Å². The molecule has 0 bridgehead atoms. The zero-order valence-electron chi connectivity index (χ0n) is 18.9. The molecule has 0 radical (unpaired) electrons. The number of carbonyl (C=O) groups excluding carboxylic acids is 2. The summed E-state index contributed by atoms with van der Waals surface area (Å²) in [5.41, 5.74) is 1.15. The number of benzene rings is 2. The molecule has 2 heterocycles. The maximum atomic E-state index is 13.6. The van der Waals surface area contributed by atoms with Crippen LogP contribution in [0, 0.1) is 12.8 Å². The van der Waals surface area contributed by atoms with Crippen molar-refractivity contribution in [1.29, 1.82) is 0 Å². The molecule has 0 saturated heterocycles. The van der Waals surface area contributed by atoms with Crippen molar-refractivity contribution in [3.05, 3.63) is 53.9 Å². The third-order valence-electron chi connectivity index (χ3n) is 5.31. The van der Waals surface area contributed by atoms with E-state index in [9.17, 15) is 18.4 Å². The number of amides is 2. The second-order valence-corrected chi connectivity index (χ2v) is 7.93. The Kier molecular flexibility index (Phi) is 5.86. The highest BCUT2D eigenvalue weighted by Gasteiger charge is 2.40. The first-order chi connectivity index (χ1) is 16.1. The average molecular weight is 468 g/mol. The van der Waals surface area contributed by atoms with Crippen LogP contribution < -0.4 is 15.1 Å². The van der Waals surface area contributed by atoms with Crippen molar-refractivity contribution in [2.45, 2.75) is 26.7 Å². The Hall–Kier alpha value is -4.15. The summed E-state index contributed by atoms with van der Waals surface area (Å²) in [6.07, 6.45) is 0. The topological polar surface area (TPSA) is 113 Å². The number of anilines is 2. The van der Waals surface area contributed by atoms with Crippen LogP contribution in [0.15, 0.2) is 47.6 Å². The zero-order chi connectivity index (χ0) is 24.6. The number of rotatable bonds is 6. The van der Waals surface area contributed by atoms with Crippen LogP contribution in [0.1, 0.15) is 25.2 Å². The number of hydrogen-bond donors (Lipinski definition) is 2. The van der Waals surface area contributed by atoms with Crippen LogP contribution in [0.2, 0.25) is 0 Å². The van der Waals surface area contributed by atoms with Crippen LogP contribution in [0.4, 0.5) is 20.2 Å². The average Bonchev–Trinajstić information content (AvgIpc) is 3.35. The van der Waals surface area contributed by atoms with Gasteiger partial charge in [0.2, 0.25) is 5.91 Å². The van der Waals surface area contributed by atoms with E-state index in [2.05, 4.69) is 25.6 Å². The molecular formula is C23H22F2N6O3. The second kappa shape index (κ2) is 8.65. The fourth-order valence-corrected chi connectivity index (χ4v) is 3.62. The van der Waals surface area contributed by atoms with Crippen LogP contribution in [-0.4, -0.2) is 39.8 Å². The number of methoxy groups -OCH3 is 1. The minimum atomic E-state index is -3.06. The van der Waals surface area contributed by atoms with E-state index in [0.717, 1.165) is 11.9 Å². The van der Waals surface area contributed by atoms with Crippen molar-refractivity contribution in [2.75, 3.05) is 17.4 Å². The number of nitrogens with zero attached hydrogens (tertiary/aromatic N) is 4. The van der Waals surface area contributed by atoms with Crippen molar-refractivity contribution in [2.24, 2.45) is 11.0 Å². The van der Waals surface area contributed by atoms with Crippen molar-refractivity contribution in [1.82, 2.24) is 15.2 Å². The van der Waals surface area contributed by atoms with Gasteiger partial charge in [-0.1, -0.05) is 12.1 Å². The van der Waals surface area contributed by atoms with Gasteiger partial charge in [-0.25, -0.2) is 8.78 Å². The predicted molar refractivity (Wildman–Crippen MR) is 122 cm³/mol.